The first kappa shape index (κ1) is 15.3. The van der Waals surface area contributed by atoms with E-state index in [0.717, 1.165) is 36.7 Å². The van der Waals surface area contributed by atoms with Gasteiger partial charge in [-0.1, -0.05) is 43.7 Å². The van der Waals surface area contributed by atoms with Crippen LogP contribution < -0.4 is 0 Å². The molecule has 1 aromatic heterocycles. The average Bonchev–Trinajstić information content (AvgIpc) is 2.91. The largest absolute Gasteiger partial charge is 0.478 e. The van der Waals surface area contributed by atoms with Crippen LogP contribution in [0, 0.1) is 0 Å². The molecule has 3 nitrogen and oxygen atoms in total. The number of aromatic nitrogens is 1. The number of aromatic carboxylic acids is 1. The smallest absolute Gasteiger partial charge is 0.335 e. The van der Waals surface area contributed by atoms with E-state index in [-0.39, 0.29) is 0 Å². The number of nitrogens with zero attached hydrogens (tertiary/aromatic N) is 1. The lowest BCUT2D eigenvalue weighted by Gasteiger charge is -2.05. The van der Waals surface area contributed by atoms with Crippen LogP contribution in [0.4, 0.5) is 0 Å². The average molecular weight is 307 g/mol. The molecule has 0 fully saturated rings. The number of rotatable bonds is 6. The van der Waals surface area contributed by atoms with Crippen molar-refractivity contribution in [2.75, 3.05) is 0 Å². The van der Waals surface area contributed by atoms with Gasteiger partial charge >= 0.3 is 5.97 Å². The highest BCUT2D eigenvalue weighted by Crippen LogP contribution is 2.25. The third-order valence-corrected chi connectivity index (χ3v) is 4.21. The molecular weight excluding hydrogens is 286 g/mol. The number of aryl methyl sites for hydroxylation is 1. The molecule has 0 bridgehead atoms. The van der Waals surface area contributed by atoms with E-state index in [9.17, 15) is 9.90 Å². The van der Waals surface area contributed by atoms with Crippen molar-refractivity contribution in [2.45, 2.75) is 32.7 Å². The van der Waals surface area contributed by atoms with E-state index in [0.29, 0.717) is 5.56 Å². The van der Waals surface area contributed by atoms with Gasteiger partial charge in [-0.25, -0.2) is 4.79 Å². The molecule has 0 unspecified atom stereocenters. The van der Waals surface area contributed by atoms with Crippen molar-refractivity contribution in [2.24, 2.45) is 0 Å². The van der Waals surface area contributed by atoms with E-state index in [1.165, 1.54) is 11.1 Å². The summed E-state index contributed by atoms with van der Waals surface area (Å²) in [5.41, 5.74) is 3.94. The van der Waals surface area contributed by atoms with E-state index in [1.807, 2.05) is 30.3 Å². The van der Waals surface area contributed by atoms with Gasteiger partial charge in [0.25, 0.3) is 0 Å². The van der Waals surface area contributed by atoms with Crippen molar-refractivity contribution in [1.82, 2.24) is 4.57 Å². The lowest BCUT2D eigenvalue weighted by atomic mass is 10.1. The molecule has 3 heteroatoms. The second-order valence-corrected chi connectivity index (χ2v) is 5.91. The standard InChI is InChI=1S/C20H21NO2/c1-2-3-9-17-14-21(13-15-7-5-4-6-8-15)19-11-10-16(20(22)23)12-18(17)19/h4-8,10-12,14H,2-3,9,13H2,1H3,(H,22,23). The Morgan fingerprint density at radius 2 is 1.91 bits per heavy atom. The molecule has 1 N–H and O–H groups in total. The van der Waals surface area contributed by atoms with Crippen LogP contribution in [0.2, 0.25) is 0 Å². The summed E-state index contributed by atoms with van der Waals surface area (Å²) in [6, 6.07) is 15.8. The Bertz CT molecular complexity index is 818. The Labute approximate surface area is 136 Å². The predicted molar refractivity (Wildman–Crippen MR) is 93.1 cm³/mol. The Kier molecular flexibility index (Phi) is 4.47. The van der Waals surface area contributed by atoms with E-state index >= 15 is 0 Å². The summed E-state index contributed by atoms with van der Waals surface area (Å²) in [4.78, 5) is 11.3. The first-order chi connectivity index (χ1) is 11.2. The first-order valence-corrected chi connectivity index (χ1v) is 8.08. The molecule has 0 saturated carbocycles. The number of carbonyl (C=O) groups is 1. The maximum absolute atomic E-state index is 11.3. The SMILES string of the molecule is CCCCc1cn(Cc2ccccc2)c2ccc(C(=O)O)cc12. The van der Waals surface area contributed by atoms with Crippen LogP contribution in [0.15, 0.2) is 54.7 Å². The van der Waals surface area contributed by atoms with E-state index in [4.69, 9.17) is 0 Å². The van der Waals surface area contributed by atoms with Crippen molar-refractivity contribution in [3.05, 3.63) is 71.4 Å². The van der Waals surface area contributed by atoms with Crippen LogP contribution in [0.3, 0.4) is 0 Å². The molecule has 3 rings (SSSR count). The molecule has 0 spiro atoms. The van der Waals surface area contributed by atoms with E-state index in [1.54, 1.807) is 6.07 Å². The normalized spacial score (nSPS) is 11.0. The van der Waals surface area contributed by atoms with Gasteiger partial charge in [-0.2, -0.15) is 0 Å². The first-order valence-electron chi connectivity index (χ1n) is 8.08. The molecule has 0 aliphatic heterocycles. The molecule has 3 aromatic rings. The van der Waals surface area contributed by atoms with Crippen LogP contribution >= 0.6 is 0 Å². The van der Waals surface area contributed by atoms with Gasteiger partial charge in [0.2, 0.25) is 0 Å². The van der Waals surface area contributed by atoms with Crippen molar-refractivity contribution in [1.29, 1.82) is 0 Å². The number of hydrogen-bond acceptors (Lipinski definition) is 1. The minimum Gasteiger partial charge on any atom is -0.478 e. The molecule has 0 aliphatic rings. The number of carboxylic acids is 1. The van der Waals surface area contributed by atoms with Gasteiger partial charge in [0.05, 0.1) is 5.56 Å². The van der Waals surface area contributed by atoms with Crippen molar-refractivity contribution in [3.8, 4) is 0 Å². The van der Waals surface area contributed by atoms with Crippen LogP contribution in [0.1, 0.15) is 41.3 Å². The van der Waals surface area contributed by atoms with Crippen molar-refractivity contribution in [3.63, 3.8) is 0 Å². The summed E-state index contributed by atoms with van der Waals surface area (Å²) in [5.74, 6) is -0.871. The van der Waals surface area contributed by atoms with Gasteiger partial charge < -0.3 is 9.67 Å². The molecule has 1 heterocycles. The molecule has 118 valence electrons. The predicted octanol–water partition coefficient (Wildman–Crippen LogP) is 4.73. The van der Waals surface area contributed by atoms with Gasteiger partial charge in [-0.05, 0) is 42.2 Å². The fraction of sp³-hybridized carbons (Fsp3) is 0.250. The summed E-state index contributed by atoms with van der Waals surface area (Å²) in [6.45, 7) is 2.97. The van der Waals surface area contributed by atoms with Crippen LogP contribution in [-0.2, 0) is 13.0 Å². The quantitative estimate of drug-likeness (QED) is 0.715. The fourth-order valence-electron chi connectivity index (χ4n) is 2.98. The number of unbranched alkanes of at least 4 members (excludes halogenated alkanes) is 1. The highest BCUT2D eigenvalue weighted by atomic mass is 16.4. The zero-order chi connectivity index (χ0) is 16.2. The van der Waals surface area contributed by atoms with Gasteiger partial charge in [-0.15, -0.1) is 0 Å². The van der Waals surface area contributed by atoms with Gasteiger partial charge in [0, 0.05) is 23.6 Å². The number of fused-ring (bicyclic) bond motifs is 1. The molecule has 2 aromatic carbocycles. The summed E-state index contributed by atoms with van der Waals surface area (Å²) in [6.07, 6.45) is 5.41. The second kappa shape index (κ2) is 6.69. The zero-order valence-corrected chi connectivity index (χ0v) is 13.3. The Morgan fingerprint density at radius 1 is 1.13 bits per heavy atom. The Hall–Kier alpha value is -2.55. The van der Waals surface area contributed by atoms with Crippen LogP contribution in [0.5, 0.6) is 0 Å². The summed E-state index contributed by atoms with van der Waals surface area (Å²) in [7, 11) is 0. The topological polar surface area (TPSA) is 42.2 Å². The molecular formula is C20H21NO2. The lowest BCUT2D eigenvalue weighted by Crippen LogP contribution is -1.99. The van der Waals surface area contributed by atoms with Crippen molar-refractivity contribution >= 4 is 16.9 Å². The molecule has 0 aliphatic carbocycles. The molecule has 0 atom stereocenters. The third kappa shape index (κ3) is 3.29. The van der Waals surface area contributed by atoms with Gasteiger partial charge in [0.1, 0.15) is 0 Å². The number of carboxylic acid groups (broad SMARTS) is 1. The second-order valence-electron chi connectivity index (χ2n) is 5.91. The monoisotopic (exact) mass is 307 g/mol. The summed E-state index contributed by atoms with van der Waals surface area (Å²) in [5, 5.41) is 10.3. The Morgan fingerprint density at radius 3 is 2.61 bits per heavy atom. The van der Waals surface area contributed by atoms with Crippen LogP contribution in [-0.4, -0.2) is 15.6 Å². The minimum atomic E-state index is -0.871. The lowest BCUT2D eigenvalue weighted by molar-refractivity contribution is 0.0697. The van der Waals surface area contributed by atoms with E-state index < -0.39 is 5.97 Å². The zero-order valence-electron chi connectivity index (χ0n) is 13.3. The fourth-order valence-corrected chi connectivity index (χ4v) is 2.98. The van der Waals surface area contributed by atoms with Gasteiger partial charge in [0.15, 0.2) is 0 Å². The Balaban J connectivity index is 2.05. The number of benzene rings is 2. The van der Waals surface area contributed by atoms with Crippen LogP contribution in [0.25, 0.3) is 10.9 Å². The third-order valence-electron chi connectivity index (χ3n) is 4.21. The maximum atomic E-state index is 11.3. The van der Waals surface area contributed by atoms with Gasteiger partial charge in [-0.3, -0.25) is 0 Å². The van der Waals surface area contributed by atoms with E-state index in [2.05, 4.69) is 29.8 Å². The molecule has 0 saturated heterocycles. The highest BCUT2D eigenvalue weighted by Gasteiger charge is 2.12. The number of hydrogen-bond donors (Lipinski definition) is 1. The summed E-state index contributed by atoms with van der Waals surface area (Å²) < 4.78 is 2.22. The van der Waals surface area contributed by atoms with Crippen molar-refractivity contribution < 1.29 is 9.90 Å². The molecule has 0 radical (unpaired) electrons. The minimum absolute atomic E-state index is 0.354. The molecule has 23 heavy (non-hydrogen) atoms. The highest BCUT2D eigenvalue weighted by molar-refractivity contribution is 5.95. The summed E-state index contributed by atoms with van der Waals surface area (Å²) >= 11 is 0. The maximum Gasteiger partial charge on any atom is 0.335 e. The molecule has 0 amide bonds.